The highest BCUT2D eigenvalue weighted by atomic mass is 79.9. The van der Waals surface area contributed by atoms with Crippen LogP contribution < -0.4 is 11.3 Å². The van der Waals surface area contributed by atoms with Gasteiger partial charge in [0.15, 0.2) is 4.60 Å². The molecule has 0 aliphatic heterocycles. The monoisotopic (exact) mass is 361 g/mol. The minimum atomic E-state index is -0.0735. The van der Waals surface area contributed by atoms with Crippen molar-refractivity contribution >= 4 is 39.3 Å². The Balaban J connectivity index is 2.11. The highest BCUT2D eigenvalue weighted by Crippen LogP contribution is 2.31. The van der Waals surface area contributed by atoms with Crippen molar-refractivity contribution in [2.24, 2.45) is 12.9 Å². The van der Waals surface area contributed by atoms with Gasteiger partial charge < -0.3 is 0 Å². The van der Waals surface area contributed by atoms with Gasteiger partial charge in [-0.3, -0.25) is 11.3 Å². The van der Waals surface area contributed by atoms with E-state index in [0.29, 0.717) is 4.60 Å². The Hall–Kier alpha value is -0.600. The first-order chi connectivity index (χ1) is 9.13. The van der Waals surface area contributed by atoms with Crippen LogP contribution in [-0.4, -0.2) is 20.7 Å². The van der Waals surface area contributed by atoms with Gasteiger partial charge in [0.05, 0.1) is 16.8 Å². The van der Waals surface area contributed by atoms with E-state index in [-0.39, 0.29) is 6.04 Å². The molecule has 0 bridgehead atoms. The number of nitrogens with zero attached hydrogens (tertiary/aromatic N) is 3. The van der Waals surface area contributed by atoms with E-state index in [1.54, 1.807) is 16.4 Å². The van der Waals surface area contributed by atoms with Crippen LogP contribution in [-0.2, 0) is 7.05 Å². The van der Waals surface area contributed by atoms with Crippen LogP contribution >= 0.6 is 39.3 Å². The summed E-state index contributed by atoms with van der Waals surface area (Å²) in [6, 6.07) is 7.65. The third-order valence-corrected chi connectivity index (χ3v) is 4.77. The molecule has 1 aromatic carbocycles. The molecule has 0 aliphatic rings. The number of aromatic nitrogens is 3. The summed E-state index contributed by atoms with van der Waals surface area (Å²) in [6.07, 6.45) is 0. The average molecular weight is 363 g/mol. The fourth-order valence-electron chi connectivity index (χ4n) is 1.65. The van der Waals surface area contributed by atoms with Gasteiger partial charge in [0.1, 0.15) is 0 Å². The van der Waals surface area contributed by atoms with Crippen LogP contribution in [0.5, 0.6) is 0 Å². The summed E-state index contributed by atoms with van der Waals surface area (Å²) in [4.78, 5) is 1.02. The van der Waals surface area contributed by atoms with Crippen molar-refractivity contribution in [3.05, 3.63) is 39.6 Å². The molecule has 8 heteroatoms. The Labute approximate surface area is 129 Å². The molecule has 19 heavy (non-hydrogen) atoms. The van der Waals surface area contributed by atoms with Crippen molar-refractivity contribution in [1.82, 2.24) is 20.4 Å². The average Bonchev–Trinajstić information content (AvgIpc) is 2.73. The summed E-state index contributed by atoms with van der Waals surface area (Å²) in [7, 11) is 1.83. The van der Waals surface area contributed by atoms with Gasteiger partial charge in [0.2, 0.25) is 0 Å². The fourth-order valence-corrected chi connectivity index (χ4v) is 3.53. The highest BCUT2D eigenvalue weighted by Gasteiger charge is 2.19. The zero-order chi connectivity index (χ0) is 13.8. The molecule has 0 aliphatic carbocycles. The van der Waals surface area contributed by atoms with Crippen LogP contribution in [0, 0.1) is 0 Å². The number of aryl methyl sites for hydroxylation is 1. The molecule has 0 saturated heterocycles. The van der Waals surface area contributed by atoms with Crippen LogP contribution in [0.2, 0.25) is 5.02 Å². The van der Waals surface area contributed by atoms with Crippen molar-refractivity contribution in [1.29, 1.82) is 0 Å². The molecule has 1 atom stereocenters. The maximum atomic E-state index is 6.13. The first-order valence-electron chi connectivity index (χ1n) is 5.52. The first kappa shape index (κ1) is 14.8. The van der Waals surface area contributed by atoms with E-state index < -0.39 is 0 Å². The van der Waals surface area contributed by atoms with Crippen LogP contribution in [0.3, 0.4) is 0 Å². The Morgan fingerprint density at radius 1 is 1.53 bits per heavy atom. The SMILES string of the molecule is Cn1nnc(Br)c1C(CSc1ccccc1Cl)NN. The normalized spacial score (nSPS) is 12.6. The fraction of sp³-hybridized carbons (Fsp3) is 0.273. The van der Waals surface area contributed by atoms with Crippen LogP contribution in [0.15, 0.2) is 33.8 Å². The molecular formula is C11H13BrClN5S. The number of nitrogens with one attached hydrogen (secondary N) is 1. The second-order valence-corrected chi connectivity index (χ2v) is 6.07. The topological polar surface area (TPSA) is 68.8 Å². The molecule has 0 amide bonds. The lowest BCUT2D eigenvalue weighted by atomic mass is 10.3. The Kier molecular flexibility index (Phi) is 5.23. The summed E-state index contributed by atoms with van der Waals surface area (Å²) in [5, 5.41) is 8.64. The minimum absolute atomic E-state index is 0.0735. The van der Waals surface area contributed by atoms with Gasteiger partial charge >= 0.3 is 0 Å². The molecule has 0 spiro atoms. The number of hydrogen-bond acceptors (Lipinski definition) is 5. The van der Waals surface area contributed by atoms with E-state index in [4.69, 9.17) is 17.4 Å². The second kappa shape index (κ2) is 6.71. The van der Waals surface area contributed by atoms with Crippen LogP contribution in [0.25, 0.3) is 0 Å². The second-order valence-electron chi connectivity index (χ2n) is 3.85. The molecule has 0 saturated carbocycles. The standard InChI is InChI=1S/C11H13BrClN5S/c1-18-10(11(12)16-17-18)8(15-14)6-19-9-5-3-2-4-7(9)13/h2-5,8,15H,6,14H2,1H3. The third kappa shape index (κ3) is 3.49. The number of rotatable bonds is 5. The van der Waals surface area contributed by atoms with E-state index in [1.165, 1.54) is 0 Å². The number of hydrazine groups is 1. The Morgan fingerprint density at radius 3 is 2.84 bits per heavy atom. The number of benzene rings is 1. The van der Waals surface area contributed by atoms with Gasteiger partial charge in [0.25, 0.3) is 0 Å². The largest absolute Gasteiger partial charge is 0.271 e. The molecule has 0 radical (unpaired) electrons. The molecule has 2 aromatic rings. The summed E-state index contributed by atoms with van der Waals surface area (Å²) in [5.74, 6) is 6.34. The molecule has 2 rings (SSSR count). The van der Waals surface area contributed by atoms with Gasteiger partial charge in [-0.05, 0) is 28.1 Å². The Bertz CT molecular complexity index is 542. The van der Waals surface area contributed by atoms with E-state index in [2.05, 4.69) is 31.7 Å². The van der Waals surface area contributed by atoms with Crippen LogP contribution in [0.4, 0.5) is 0 Å². The predicted octanol–water partition coefficient (Wildman–Crippen LogP) is 2.53. The summed E-state index contributed by atoms with van der Waals surface area (Å²) >= 11 is 11.1. The van der Waals surface area contributed by atoms with Gasteiger partial charge in [-0.2, -0.15) is 0 Å². The lowest BCUT2D eigenvalue weighted by Crippen LogP contribution is -2.31. The molecule has 1 aromatic heterocycles. The number of hydrogen-bond donors (Lipinski definition) is 2. The molecule has 3 N–H and O–H groups in total. The molecule has 0 fully saturated rings. The summed E-state index contributed by atoms with van der Waals surface area (Å²) in [5.41, 5.74) is 3.69. The van der Waals surface area contributed by atoms with Gasteiger partial charge in [-0.25, -0.2) is 4.68 Å². The van der Waals surface area contributed by atoms with Gasteiger partial charge in [0, 0.05) is 17.7 Å². The lowest BCUT2D eigenvalue weighted by Gasteiger charge is -2.16. The zero-order valence-corrected chi connectivity index (χ0v) is 13.3. The van der Waals surface area contributed by atoms with Crippen molar-refractivity contribution in [3.8, 4) is 0 Å². The third-order valence-electron chi connectivity index (χ3n) is 2.60. The summed E-state index contributed by atoms with van der Waals surface area (Å²) in [6.45, 7) is 0. The van der Waals surface area contributed by atoms with Crippen LogP contribution in [0.1, 0.15) is 11.7 Å². The number of thioether (sulfide) groups is 1. The van der Waals surface area contributed by atoms with Gasteiger partial charge in [-0.15, -0.1) is 16.9 Å². The molecule has 102 valence electrons. The smallest absolute Gasteiger partial charge is 0.153 e. The van der Waals surface area contributed by atoms with Crippen molar-refractivity contribution in [3.63, 3.8) is 0 Å². The molecule has 1 heterocycles. The minimum Gasteiger partial charge on any atom is -0.271 e. The summed E-state index contributed by atoms with van der Waals surface area (Å²) < 4.78 is 2.39. The molecule has 5 nitrogen and oxygen atoms in total. The zero-order valence-electron chi connectivity index (χ0n) is 10.2. The molecule has 1 unspecified atom stereocenters. The van der Waals surface area contributed by atoms with E-state index in [1.807, 2.05) is 31.3 Å². The van der Waals surface area contributed by atoms with Crippen molar-refractivity contribution in [2.45, 2.75) is 10.9 Å². The van der Waals surface area contributed by atoms with Crippen molar-refractivity contribution in [2.75, 3.05) is 5.75 Å². The maximum Gasteiger partial charge on any atom is 0.153 e. The number of halogens is 2. The number of nitrogens with two attached hydrogens (primary N) is 1. The lowest BCUT2D eigenvalue weighted by molar-refractivity contribution is 0.550. The predicted molar refractivity (Wildman–Crippen MR) is 80.9 cm³/mol. The first-order valence-corrected chi connectivity index (χ1v) is 7.67. The van der Waals surface area contributed by atoms with Gasteiger partial charge in [-0.1, -0.05) is 28.9 Å². The van der Waals surface area contributed by atoms with E-state index in [0.717, 1.165) is 21.4 Å². The van der Waals surface area contributed by atoms with E-state index in [9.17, 15) is 0 Å². The quantitative estimate of drug-likeness (QED) is 0.486. The highest BCUT2D eigenvalue weighted by molar-refractivity contribution is 9.10. The van der Waals surface area contributed by atoms with E-state index >= 15 is 0 Å². The Morgan fingerprint density at radius 2 is 2.26 bits per heavy atom. The van der Waals surface area contributed by atoms with Crippen molar-refractivity contribution < 1.29 is 0 Å². The molecular weight excluding hydrogens is 350 g/mol. The maximum absolute atomic E-state index is 6.13.